The third-order valence-corrected chi connectivity index (χ3v) is 11.3. The number of aromatic nitrogens is 1. The lowest BCUT2D eigenvalue weighted by atomic mass is 10.00. The fraction of sp³-hybridized carbons (Fsp3) is 0.0435. The molecule has 0 aliphatic carbocycles. The van der Waals surface area contributed by atoms with E-state index >= 15 is 0 Å². The van der Waals surface area contributed by atoms with Gasteiger partial charge in [0.2, 0.25) is 0 Å². The second-order valence-corrected chi connectivity index (χ2v) is 14.2. The van der Waals surface area contributed by atoms with Crippen molar-refractivity contribution in [1.82, 2.24) is 4.57 Å². The van der Waals surface area contributed by atoms with Crippen LogP contribution in [0, 0.1) is 11.3 Å². The van der Waals surface area contributed by atoms with Crippen LogP contribution in [0.2, 0.25) is 0 Å². The number of nitrogens with zero attached hydrogens (tertiary/aromatic N) is 3. The normalized spacial score (nSPS) is 15.0. The van der Waals surface area contributed by atoms with E-state index in [-0.39, 0.29) is 6.04 Å². The molecule has 6 heteroatoms. The maximum Gasteiger partial charge on any atom is 0.141 e. The molecule has 10 rings (SSSR count). The van der Waals surface area contributed by atoms with Crippen molar-refractivity contribution in [1.29, 1.82) is 5.26 Å². The van der Waals surface area contributed by atoms with Crippen molar-refractivity contribution in [3.63, 3.8) is 0 Å². The minimum Gasteiger partial charge on any atom is -0.456 e. The summed E-state index contributed by atoms with van der Waals surface area (Å²) in [7, 11) is 0. The first-order valence-electron chi connectivity index (χ1n) is 17.3. The molecule has 0 saturated heterocycles. The molecule has 3 aromatic heterocycles. The van der Waals surface area contributed by atoms with Crippen molar-refractivity contribution in [3.05, 3.63) is 156 Å². The molecule has 1 aliphatic heterocycles. The quantitative estimate of drug-likeness (QED) is 0.201. The lowest BCUT2D eigenvalue weighted by Gasteiger charge is -2.27. The van der Waals surface area contributed by atoms with E-state index in [9.17, 15) is 5.26 Å². The molecule has 4 heterocycles. The molecule has 5 nitrogen and oxygen atoms in total. The number of fused-ring (bicyclic) bond motifs is 9. The Kier molecular flexibility index (Phi) is 6.79. The maximum atomic E-state index is 9.36. The van der Waals surface area contributed by atoms with Gasteiger partial charge in [-0.1, -0.05) is 85.5 Å². The van der Waals surface area contributed by atoms with Crippen molar-refractivity contribution in [2.24, 2.45) is 4.99 Å². The summed E-state index contributed by atoms with van der Waals surface area (Å²) in [6, 6.07) is 44.2. The number of benzene rings is 6. The molecular formula is C46H30N4OS. The number of furan rings is 1. The average Bonchev–Trinajstić information content (AvgIpc) is 3.85. The minimum absolute atomic E-state index is 0.264. The zero-order valence-corrected chi connectivity index (χ0v) is 29.0. The van der Waals surface area contributed by atoms with Gasteiger partial charge in [0.05, 0.1) is 22.7 Å². The Morgan fingerprint density at radius 1 is 0.769 bits per heavy atom. The van der Waals surface area contributed by atoms with Crippen LogP contribution in [0.1, 0.15) is 24.1 Å². The second kappa shape index (κ2) is 11.7. The van der Waals surface area contributed by atoms with Crippen LogP contribution in [0.5, 0.6) is 0 Å². The van der Waals surface area contributed by atoms with E-state index < -0.39 is 0 Å². The average molecular weight is 687 g/mol. The highest BCUT2D eigenvalue weighted by Gasteiger charge is 2.31. The lowest BCUT2D eigenvalue weighted by molar-refractivity contribution is 0.668. The molecule has 52 heavy (non-hydrogen) atoms. The molecule has 1 N–H and O–H groups in total. The van der Waals surface area contributed by atoms with Gasteiger partial charge in [0.15, 0.2) is 0 Å². The number of allylic oxidation sites excluding steroid dienone is 1. The SMILES string of the molecule is C=C/C=c1/cc2c(c/c1=C/C)c1ccccc1n2C1=Nc2c(sc3ccc(-c4ccc(C#N)cc4)cc23)NC1c1ccc2oc3ccccc3c2c1. The molecule has 0 saturated carbocycles. The van der Waals surface area contributed by atoms with Crippen LogP contribution in [-0.4, -0.2) is 10.4 Å². The van der Waals surface area contributed by atoms with Crippen molar-refractivity contribution in [2.75, 3.05) is 5.32 Å². The summed E-state index contributed by atoms with van der Waals surface area (Å²) in [5.74, 6) is 0.895. The number of nitrogens with one attached hydrogen (secondary N) is 1. The first-order valence-corrected chi connectivity index (χ1v) is 18.1. The third kappa shape index (κ3) is 4.57. The first kappa shape index (κ1) is 30.2. The molecule has 0 fully saturated rings. The fourth-order valence-corrected chi connectivity index (χ4v) is 8.79. The molecule has 6 aromatic carbocycles. The predicted molar refractivity (Wildman–Crippen MR) is 218 cm³/mol. The monoisotopic (exact) mass is 686 g/mol. The van der Waals surface area contributed by atoms with Crippen LogP contribution in [0.15, 0.2) is 143 Å². The van der Waals surface area contributed by atoms with E-state index in [1.165, 1.54) is 10.8 Å². The fourth-order valence-electron chi connectivity index (χ4n) is 7.74. The molecule has 246 valence electrons. The van der Waals surface area contributed by atoms with Gasteiger partial charge in [-0.2, -0.15) is 5.26 Å². The third-order valence-electron chi connectivity index (χ3n) is 10.2. The Morgan fingerprint density at radius 3 is 2.38 bits per heavy atom. The molecule has 0 radical (unpaired) electrons. The number of anilines is 1. The largest absolute Gasteiger partial charge is 0.456 e. The zero-order valence-electron chi connectivity index (χ0n) is 28.2. The van der Waals surface area contributed by atoms with Gasteiger partial charge in [-0.25, -0.2) is 4.99 Å². The zero-order chi connectivity index (χ0) is 34.9. The second-order valence-electron chi connectivity index (χ2n) is 13.1. The molecule has 0 bridgehead atoms. The highest BCUT2D eigenvalue weighted by atomic mass is 32.1. The van der Waals surface area contributed by atoms with Gasteiger partial charge in [0, 0.05) is 31.6 Å². The van der Waals surface area contributed by atoms with E-state index in [1.807, 2.05) is 42.5 Å². The van der Waals surface area contributed by atoms with Crippen LogP contribution in [0.4, 0.5) is 10.7 Å². The van der Waals surface area contributed by atoms with Gasteiger partial charge in [-0.3, -0.25) is 4.57 Å². The Morgan fingerprint density at radius 2 is 1.56 bits per heavy atom. The summed E-state index contributed by atoms with van der Waals surface area (Å²) >= 11 is 1.73. The lowest BCUT2D eigenvalue weighted by Crippen LogP contribution is -2.30. The summed E-state index contributed by atoms with van der Waals surface area (Å²) in [5.41, 5.74) is 8.73. The molecular weight excluding hydrogens is 657 g/mol. The van der Waals surface area contributed by atoms with Crippen LogP contribution in [0.25, 0.3) is 77.1 Å². The Labute approximate surface area is 303 Å². The Balaban J connectivity index is 1.26. The number of hydrogen-bond donors (Lipinski definition) is 1. The summed E-state index contributed by atoms with van der Waals surface area (Å²) in [5, 5.41) is 22.2. The molecule has 1 aliphatic rings. The van der Waals surface area contributed by atoms with Crippen molar-refractivity contribution in [2.45, 2.75) is 13.0 Å². The Hall–Kier alpha value is -6.68. The van der Waals surface area contributed by atoms with Gasteiger partial charge >= 0.3 is 0 Å². The van der Waals surface area contributed by atoms with E-state index in [4.69, 9.17) is 9.41 Å². The summed E-state index contributed by atoms with van der Waals surface area (Å²) in [6.07, 6.45) is 6.08. The maximum absolute atomic E-state index is 9.36. The van der Waals surface area contributed by atoms with Gasteiger partial charge in [0.25, 0.3) is 0 Å². The predicted octanol–water partition coefficient (Wildman–Crippen LogP) is 11.0. The number of para-hydroxylation sites is 2. The van der Waals surface area contributed by atoms with E-state index in [1.54, 1.807) is 11.3 Å². The first-order chi connectivity index (χ1) is 25.6. The van der Waals surface area contributed by atoms with Crippen molar-refractivity contribution in [3.8, 4) is 17.2 Å². The van der Waals surface area contributed by atoms with E-state index in [2.05, 4.69) is 127 Å². The van der Waals surface area contributed by atoms with E-state index in [0.717, 1.165) is 86.7 Å². The number of thiophene rings is 1. The van der Waals surface area contributed by atoms with Gasteiger partial charge in [-0.15, -0.1) is 11.3 Å². The minimum atomic E-state index is -0.264. The number of hydrogen-bond acceptors (Lipinski definition) is 5. The molecule has 9 aromatic rings. The topological polar surface area (TPSA) is 66.2 Å². The van der Waals surface area contributed by atoms with Gasteiger partial charge in [-0.05, 0) is 94.7 Å². The molecule has 0 spiro atoms. The van der Waals surface area contributed by atoms with E-state index in [0.29, 0.717) is 5.56 Å². The summed E-state index contributed by atoms with van der Waals surface area (Å²) in [4.78, 5) is 5.67. The van der Waals surface area contributed by atoms with Crippen molar-refractivity contribution < 1.29 is 4.42 Å². The molecule has 0 amide bonds. The smallest absolute Gasteiger partial charge is 0.141 e. The Bertz CT molecular complexity index is 3150. The molecule has 1 unspecified atom stereocenters. The van der Waals surface area contributed by atoms with Crippen LogP contribution in [-0.2, 0) is 0 Å². The molecule has 1 atom stereocenters. The highest BCUT2D eigenvalue weighted by molar-refractivity contribution is 7.23. The summed E-state index contributed by atoms with van der Waals surface area (Å²) < 4.78 is 9.74. The van der Waals surface area contributed by atoms with Gasteiger partial charge < -0.3 is 9.73 Å². The summed E-state index contributed by atoms with van der Waals surface area (Å²) in [6.45, 7) is 6.10. The van der Waals surface area contributed by atoms with Crippen LogP contribution in [0.3, 0.4) is 0 Å². The van der Waals surface area contributed by atoms with Gasteiger partial charge in [0.1, 0.15) is 33.7 Å². The number of nitriles is 1. The van der Waals surface area contributed by atoms with Crippen molar-refractivity contribution >= 4 is 93.8 Å². The number of rotatable bonds is 3. The van der Waals surface area contributed by atoms with Crippen LogP contribution < -0.4 is 15.8 Å². The number of aliphatic imine (C=N–C) groups is 1. The highest BCUT2D eigenvalue weighted by Crippen LogP contribution is 2.49. The standard InChI is InChI=1S/C46H30N4OS/c1-3-9-30-25-39-35(22-28(30)4-2)33-10-5-7-12-38(33)50(39)45-43(32-18-20-41-36(24-32)34-11-6-8-13-40(34)51-41)49-46-44(48-45)37-23-31(19-21-42(37)52-46)29-16-14-27(26-47)15-17-29/h3-25,43,49H,1H2,2H3/b28-4-,30-9-. The van der Waals surface area contributed by atoms with Crippen LogP contribution >= 0.6 is 11.3 Å².